The first kappa shape index (κ1) is 10.5. The summed E-state index contributed by atoms with van der Waals surface area (Å²) < 4.78 is 0. The van der Waals surface area contributed by atoms with Crippen molar-refractivity contribution in [2.24, 2.45) is 11.8 Å². The average molecular weight is 179 g/mol. The normalized spacial score (nSPS) is 36.7. The lowest BCUT2D eigenvalue weighted by atomic mass is 9.83. The highest BCUT2D eigenvalue weighted by Crippen LogP contribution is 2.27. The summed E-state index contributed by atoms with van der Waals surface area (Å²) in [6.07, 6.45) is 7.82. The zero-order valence-corrected chi connectivity index (χ0v) is 9.03. The van der Waals surface area contributed by atoms with Crippen molar-refractivity contribution in [3.63, 3.8) is 0 Å². The fourth-order valence-electron chi connectivity index (χ4n) is 2.16. The van der Waals surface area contributed by atoms with Gasteiger partial charge in [-0.3, -0.25) is 4.90 Å². The van der Waals surface area contributed by atoms with Crippen LogP contribution < -0.4 is 0 Å². The lowest BCUT2D eigenvalue weighted by molar-refractivity contribution is 0.142. The summed E-state index contributed by atoms with van der Waals surface area (Å²) in [5.41, 5.74) is 0. The highest BCUT2D eigenvalue weighted by atomic mass is 15.1. The van der Waals surface area contributed by atoms with Gasteiger partial charge in [0, 0.05) is 12.6 Å². The number of nitrogens with zero attached hydrogens (tertiary/aromatic N) is 1. The molecule has 0 amide bonds. The second-order valence-corrected chi connectivity index (χ2v) is 4.15. The second-order valence-electron chi connectivity index (χ2n) is 4.15. The molecule has 0 aliphatic carbocycles. The number of likely N-dealkylation sites (tertiary alicyclic amines) is 1. The molecular formula is C12H21N. The third-order valence-electron chi connectivity index (χ3n) is 3.12. The van der Waals surface area contributed by atoms with Gasteiger partial charge in [-0.15, -0.1) is 6.58 Å². The largest absolute Gasteiger partial charge is 0.299 e. The molecule has 0 aromatic carbocycles. The SMILES string of the molecule is C=CC1CC(C)C(/C=C\C)CN1C. The minimum atomic E-state index is 0.580. The Hall–Kier alpha value is -0.560. The summed E-state index contributed by atoms with van der Waals surface area (Å²) in [7, 11) is 2.19. The number of allylic oxidation sites excluding steroid dienone is 1. The maximum Gasteiger partial charge on any atom is 0.0275 e. The molecule has 13 heavy (non-hydrogen) atoms. The summed E-state index contributed by atoms with van der Waals surface area (Å²) in [5, 5.41) is 0. The van der Waals surface area contributed by atoms with Gasteiger partial charge in [0.1, 0.15) is 0 Å². The lowest BCUT2D eigenvalue weighted by Gasteiger charge is -2.38. The van der Waals surface area contributed by atoms with E-state index in [9.17, 15) is 0 Å². The van der Waals surface area contributed by atoms with Crippen LogP contribution in [0, 0.1) is 11.8 Å². The standard InChI is InChI=1S/C12H21N/c1-5-7-11-9-13(4)12(6-2)8-10(11)3/h5-7,10-12H,2,8-9H2,1,3-4H3/b7-5-. The smallest absolute Gasteiger partial charge is 0.0275 e. The van der Waals surface area contributed by atoms with E-state index in [1.165, 1.54) is 13.0 Å². The molecule has 1 heteroatoms. The molecule has 74 valence electrons. The fourth-order valence-corrected chi connectivity index (χ4v) is 2.16. The molecule has 1 aliphatic heterocycles. The molecule has 1 aliphatic rings. The molecule has 1 saturated heterocycles. The highest BCUT2D eigenvalue weighted by Gasteiger charge is 2.27. The van der Waals surface area contributed by atoms with Gasteiger partial charge < -0.3 is 0 Å². The Bertz CT molecular complexity index is 195. The zero-order valence-electron chi connectivity index (χ0n) is 9.03. The Morgan fingerprint density at radius 2 is 2.15 bits per heavy atom. The van der Waals surface area contributed by atoms with Crippen molar-refractivity contribution in [2.75, 3.05) is 13.6 Å². The molecule has 1 nitrogen and oxygen atoms in total. The van der Waals surface area contributed by atoms with Gasteiger partial charge in [-0.2, -0.15) is 0 Å². The first-order valence-electron chi connectivity index (χ1n) is 5.14. The number of hydrogen-bond donors (Lipinski definition) is 0. The van der Waals surface area contributed by atoms with Gasteiger partial charge in [-0.25, -0.2) is 0 Å². The molecule has 1 fully saturated rings. The molecule has 3 unspecified atom stereocenters. The van der Waals surface area contributed by atoms with Crippen molar-refractivity contribution in [3.8, 4) is 0 Å². The molecule has 0 aromatic rings. The van der Waals surface area contributed by atoms with Crippen molar-refractivity contribution in [2.45, 2.75) is 26.3 Å². The quantitative estimate of drug-likeness (QED) is 0.589. The van der Waals surface area contributed by atoms with Gasteiger partial charge in [0.2, 0.25) is 0 Å². The summed E-state index contributed by atoms with van der Waals surface area (Å²) in [5.74, 6) is 1.52. The predicted octanol–water partition coefficient (Wildman–Crippen LogP) is 2.70. The van der Waals surface area contributed by atoms with Crippen LogP contribution in [0.4, 0.5) is 0 Å². The van der Waals surface area contributed by atoms with Crippen LogP contribution in [0.1, 0.15) is 20.3 Å². The Morgan fingerprint density at radius 3 is 2.69 bits per heavy atom. The molecule has 0 saturated carbocycles. The monoisotopic (exact) mass is 179 g/mol. The first-order chi connectivity index (χ1) is 6.19. The van der Waals surface area contributed by atoms with Gasteiger partial charge >= 0.3 is 0 Å². The summed E-state index contributed by atoms with van der Waals surface area (Å²) in [6.45, 7) is 9.49. The van der Waals surface area contributed by atoms with Crippen LogP contribution in [-0.2, 0) is 0 Å². The minimum Gasteiger partial charge on any atom is -0.299 e. The molecule has 0 radical (unpaired) electrons. The Labute approximate surface area is 82.1 Å². The van der Waals surface area contributed by atoms with E-state index in [4.69, 9.17) is 0 Å². The molecule has 0 aromatic heterocycles. The first-order valence-corrected chi connectivity index (χ1v) is 5.14. The average Bonchev–Trinajstić information content (AvgIpc) is 2.11. The predicted molar refractivity (Wildman–Crippen MR) is 58.7 cm³/mol. The molecule has 0 bridgehead atoms. The third-order valence-corrected chi connectivity index (χ3v) is 3.12. The Morgan fingerprint density at radius 1 is 1.46 bits per heavy atom. The van der Waals surface area contributed by atoms with Gasteiger partial charge in [0.05, 0.1) is 0 Å². The highest BCUT2D eigenvalue weighted by molar-refractivity contribution is 4.99. The van der Waals surface area contributed by atoms with Crippen molar-refractivity contribution in [1.82, 2.24) is 4.90 Å². The Kier molecular flexibility index (Phi) is 3.73. The second kappa shape index (κ2) is 4.61. The summed E-state index contributed by atoms with van der Waals surface area (Å²) in [6, 6.07) is 0.580. The third kappa shape index (κ3) is 2.44. The van der Waals surface area contributed by atoms with E-state index < -0.39 is 0 Å². The fraction of sp³-hybridized carbons (Fsp3) is 0.667. The van der Waals surface area contributed by atoms with E-state index in [2.05, 4.69) is 50.6 Å². The van der Waals surface area contributed by atoms with E-state index in [-0.39, 0.29) is 0 Å². The molecule has 1 rings (SSSR count). The topological polar surface area (TPSA) is 3.24 Å². The van der Waals surface area contributed by atoms with Gasteiger partial charge in [-0.1, -0.05) is 25.2 Å². The van der Waals surface area contributed by atoms with E-state index >= 15 is 0 Å². The number of rotatable bonds is 2. The number of piperidine rings is 1. The van der Waals surface area contributed by atoms with Crippen LogP contribution in [0.15, 0.2) is 24.8 Å². The van der Waals surface area contributed by atoms with Crippen molar-refractivity contribution in [3.05, 3.63) is 24.8 Å². The maximum absolute atomic E-state index is 3.88. The lowest BCUT2D eigenvalue weighted by Crippen LogP contribution is -2.42. The van der Waals surface area contributed by atoms with Crippen molar-refractivity contribution < 1.29 is 0 Å². The Balaban J connectivity index is 2.60. The van der Waals surface area contributed by atoms with Crippen LogP contribution >= 0.6 is 0 Å². The van der Waals surface area contributed by atoms with E-state index in [0.717, 1.165) is 11.8 Å². The van der Waals surface area contributed by atoms with Crippen LogP contribution in [0.25, 0.3) is 0 Å². The van der Waals surface area contributed by atoms with Crippen molar-refractivity contribution in [1.29, 1.82) is 0 Å². The molecular weight excluding hydrogens is 158 g/mol. The van der Waals surface area contributed by atoms with Crippen LogP contribution in [0.2, 0.25) is 0 Å². The van der Waals surface area contributed by atoms with Crippen LogP contribution in [-0.4, -0.2) is 24.5 Å². The van der Waals surface area contributed by atoms with Gasteiger partial charge in [0.25, 0.3) is 0 Å². The van der Waals surface area contributed by atoms with Crippen LogP contribution in [0.3, 0.4) is 0 Å². The molecule has 0 spiro atoms. The van der Waals surface area contributed by atoms with E-state index in [0.29, 0.717) is 6.04 Å². The van der Waals surface area contributed by atoms with Gasteiger partial charge in [0.15, 0.2) is 0 Å². The molecule has 1 heterocycles. The minimum absolute atomic E-state index is 0.580. The number of likely N-dealkylation sites (N-methyl/N-ethyl adjacent to an activating group) is 1. The summed E-state index contributed by atoms with van der Waals surface area (Å²) >= 11 is 0. The van der Waals surface area contributed by atoms with Crippen LogP contribution in [0.5, 0.6) is 0 Å². The zero-order chi connectivity index (χ0) is 9.84. The number of hydrogen-bond acceptors (Lipinski definition) is 1. The molecule has 0 N–H and O–H groups in total. The van der Waals surface area contributed by atoms with Crippen molar-refractivity contribution >= 4 is 0 Å². The van der Waals surface area contributed by atoms with E-state index in [1.807, 2.05) is 0 Å². The van der Waals surface area contributed by atoms with E-state index in [1.54, 1.807) is 0 Å². The maximum atomic E-state index is 3.88. The van der Waals surface area contributed by atoms with Gasteiger partial charge in [-0.05, 0) is 32.2 Å². The molecule has 3 atom stereocenters. The summed E-state index contributed by atoms with van der Waals surface area (Å²) in [4.78, 5) is 2.40.